The molecule has 3 aliphatic heterocycles. The molecule has 15 atom stereocenters. The van der Waals surface area contributed by atoms with E-state index in [0.29, 0.717) is 0 Å². The Morgan fingerprint density at radius 3 is 1.89 bits per heavy atom. The van der Waals surface area contributed by atoms with Crippen molar-refractivity contribution in [1.82, 2.24) is 0 Å². The Hall–Kier alpha value is -3.91. The molecule has 13 N–H and O–H groups in total. The van der Waals surface area contributed by atoms with Gasteiger partial charge in [0.05, 0.1) is 19.3 Å². The SMILES string of the molecule is C[C@@H]1O[C@@H](OC2C(Oc3c(-c4ccc(O)c(O)c4)oc4cc(O[C@@H]5O[C@H](CO)[C@@H](O)[C@H](O)[C@H]5O)cc(O)c4c3=O)OC(CO)C(O)C2O)[C@H](O)[C@H](O)[C@H]1O. The fraction of sp³-hybridized carbons (Fsp3) is 0.545. The summed E-state index contributed by atoms with van der Waals surface area (Å²) in [5, 5.41) is 134. The molecule has 3 fully saturated rings. The molecule has 0 amide bonds. The molecule has 0 aliphatic carbocycles. The van der Waals surface area contributed by atoms with Gasteiger partial charge in [0.25, 0.3) is 0 Å². The molecule has 5 unspecified atom stereocenters. The number of ether oxygens (including phenoxy) is 6. The van der Waals surface area contributed by atoms with Gasteiger partial charge in [-0.25, -0.2) is 0 Å². The number of phenolic OH excluding ortho intramolecular Hbond substituents is 3. The highest BCUT2D eigenvalue weighted by atomic mass is 16.8. The van der Waals surface area contributed by atoms with Crippen LogP contribution in [-0.4, -0.2) is 172 Å². The van der Waals surface area contributed by atoms with Crippen LogP contribution in [0.1, 0.15) is 6.92 Å². The number of hydrogen-bond donors (Lipinski definition) is 13. The van der Waals surface area contributed by atoms with Crippen molar-refractivity contribution in [3.05, 3.63) is 40.6 Å². The third-order valence-electron chi connectivity index (χ3n) is 9.40. The monoisotopic (exact) mass is 772 g/mol. The Morgan fingerprint density at radius 2 is 1.24 bits per heavy atom. The van der Waals surface area contributed by atoms with Gasteiger partial charge in [0, 0.05) is 17.7 Å². The molecular formula is C33H40O21. The normalized spacial score (nSPS) is 37.3. The van der Waals surface area contributed by atoms with Gasteiger partial charge in [-0.1, -0.05) is 0 Å². The van der Waals surface area contributed by atoms with E-state index in [2.05, 4.69) is 0 Å². The van der Waals surface area contributed by atoms with Crippen LogP contribution < -0.4 is 14.9 Å². The van der Waals surface area contributed by atoms with Crippen LogP contribution in [0.15, 0.2) is 39.5 Å². The molecule has 54 heavy (non-hydrogen) atoms. The minimum absolute atomic E-state index is 0.136. The smallest absolute Gasteiger partial charge is 0.239 e. The van der Waals surface area contributed by atoms with Crippen LogP contribution in [0, 0.1) is 0 Å². The summed E-state index contributed by atoms with van der Waals surface area (Å²) >= 11 is 0. The summed E-state index contributed by atoms with van der Waals surface area (Å²) in [6.07, 6.45) is -25.8. The molecule has 0 saturated carbocycles. The highest BCUT2D eigenvalue weighted by Gasteiger charge is 2.51. The number of aliphatic hydroxyl groups excluding tert-OH is 10. The third kappa shape index (κ3) is 7.27. The second-order valence-corrected chi connectivity index (χ2v) is 13.0. The maximum Gasteiger partial charge on any atom is 0.239 e. The van der Waals surface area contributed by atoms with Crippen LogP contribution in [0.3, 0.4) is 0 Å². The van der Waals surface area contributed by atoms with Gasteiger partial charge < -0.3 is 99.2 Å². The summed E-state index contributed by atoms with van der Waals surface area (Å²) in [4.78, 5) is 14.2. The zero-order valence-corrected chi connectivity index (χ0v) is 28.0. The maximum atomic E-state index is 14.2. The minimum atomic E-state index is -1.99. The van der Waals surface area contributed by atoms with Crippen molar-refractivity contribution in [2.24, 2.45) is 0 Å². The standard InChI is InChI=1S/C33H40O21/c1-9-19(39)23(43)26(46)31(48-9)54-30-25(45)21(41)17(8-35)52-33(30)53-29-22(42)18-14(38)5-11(49-32-27(47)24(44)20(40)16(7-34)51-32)6-15(18)50-28(29)10-2-3-12(36)13(37)4-10/h2-6,9,16-17,19-21,23-27,30-41,43-47H,7-8H2,1H3/t9-,16+,17?,19-,20+,21?,23+,24-,25?,26+,27+,30?,31-,32+,33?/m0/s1. The van der Waals surface area contributed by atoms with Gasteiger partial charge in [-0.2, -0.15) is 0 Å². The lowest BCUT2D eigenvalue weighted by atomic mass is 9.97. The number of aromatic hydroxyl groups is 3. The van der Waals surface area contributed by atoms with Crippen molar-refractivity contribution in [2.45, 2.75) is 99.0 Å². The summed E-state index contributed by atoms with van der Waals surface area (Å²) in [6, 6.07) is 5.13. The summed E-state index contributed by atoms with van der Waals surface area (Å²) in [6.45, 7) is -0.308. The Bertz CT molecular complexity index is 1850. The van der Waals surface area contributed by atoms with E-state index in [1.165, 1.54) is 13.0 Å². The first-order valence-electron chi connectivity index (χ1n) is 16.5. The van der Waals surface area contributed by atoms with Crippen molar-refractivity contribution < 1.29 is 99.2 Å². The van der Waals surface area contributed by atoms with E-state index >= 15 is 0 Å². The van der Waals surface area contributed by atoms with Crippen molar-refractivity contribution >= 4 is 11.0 Å². The molecule has 2 aromatic carbocycles. The number of benzene rings is 2. The number of fused-ring (bicyclic) bond motifs is 1. The first-order valence-corrected chi connectivity index (χ1v) is 16.5. The lowest BCUT2D eigenvalue weighted by Gasteiger charge is -2.45. The Balaban J connectivity index is 1.43. The van der Waals surface area contributed by atoms with Gasteiger partial charge in [0.1, 0.15) is 83.5 Å². The van der Waals surface area contributed by atoms with E-state index < -0.39 is 150 Å². The van der Waals surface area contributed by atoms with E-state index in [0.717, 1.165) is 24.3 Å². The Labute approximate surface area is 303 Å². The van der Waals surface area contributed by atoms with Gasteiger partial charge >= 0.3 is 0 Å². The van der Waals surface area contributed by atoms with Gasteiger partial charge in [-0.15, -0.1) is 0 Å². The average molecular weight is 773 g/mol. The minimum Gasteiger partial charge on any atom is -0.507 e. The predicted molar refractivity (Wildman–Crippen MR) is 173 cm³/mol. The number of hydrogen-bond acceptors (Lipinski definition) is 21. The highest BCUT2D eigenvalue weighted by Crippen LogP contribution is 2.41. The zero-order valence-electron chi connectivity index (χ0n) is 28.0. The molecule has 3 saturated heterocycles. The molecule has 21 heteroatoms. The van der Waals surface area contributed by atoms with Crippen LogP contribution in [0.4, 0.5) is 0 Å². The predicted octanol–water partition coefficient (Wildman–Crippen LogP) is -4.21. The fourth-order valence-electron chi connectivity index (χ4n) is 6.28. The average Bonchev–Trinajstić information content (AvgIpc) is 3.14. The van der Waals surface area contributed by atoms with Gasteiger partial charge in [0.2, 0.25) is 23.8 Å². The summed E-state index contributed by atoms with van der Waals surface area (Å²) in [5.41, 5.74) is -1.69. The molecule has 0 bridgehead atoms. The molecule has 4 heterocycles. The van der Waals surface area contributed by atoms with E-state index in [1.54, 1.807) is 0 Å². The van der Waals surface area contributed by atoms with E-state index in [4.69, 9.17) is 32.8 Å². The molecule has 0 radical (unpaired) electrons. The van der Waals surface area contributed by atoms with Gasteiger partial charge in [0.15, 0.2) is 29.7 Å². The van der Waals surface area contributed by atoms with Crippen LogP contribution in [-0.2, 0) is 18.9 Å². The van der Waals surface area contributed by atoms with Crippen molar-refractivity contribution in [3.8, 4) is 40.1 Å². The summed E-state index contributed by atoms with van der Waals surface area (Å²) < 4.78 is 39.7. The summed E-state index contributed by atoms with van der Waals surface area (Å²) in [5.74, 6) is -3.70. The molecule has 298 valence electrons. The molecule has 3 aliphatic rings. The van der Waals surface area contributed by atoms with Crippen molar-refractivity contribution in [2.75, 3.05) is 13.2 Å². The summed E-state index contributed by atoms with van der Waals surface area (Å²) in [7, 11) is 0. The van der Waals surface area contributed by atoms with Crippen LogP contribution in [0.2, 0.25) is 0 Å². The van der Waals surface area contributed by atoms with E-state index in [1.807, 2.05) is 0 Å². The van der Waals surface area contributed by atoms with Gasteiger partial charge in [-0.05, 0) is 25.1 Å². The second kappa shape index (κ2) is 15.7. The lowest BCUT2D eigenvalue weighted by Crippen LogP contribution is -2.64. The van der Waals surface area contributed by atoms with Crippen LogP contribution in [0.25, 0.3) is 22.3 Å². The third-order valence-corrected chi connectivity index (χ3v) is 9.40. The molecule has 6 rings (SSSR count). The molecule has 3 aromatic rings. The van der Waals surface area contributed by atoms with E-state index in [9.17, 15) is 71.2 Å². The maximum absolute atomic E-state index is 14.2. The topological polar surface area (TPSA) is 349 Å². The second-order valence-electron chi connectivity index (χ2n) is 13.0. The Kier molecular flexibility index (Phi) is 11.5. The first kappa shape index (κ1) is 39.8. The molecular weight excluding hydrogens is 732 g/mol. The number of phenols is 3. The molecule has 21 nitrogen and oxygen atoms in total. The number of aliphatic hydroxyl groups is 10. The largest absolute Gasteiger partial charge is 0.507 e. The van der Waals surface area contributed by atoms with Crippen LogP contribution in [0.5, 0.6) is 28.7 Å². The first-order chi connectivity index (χ1) is 25.6. The van der Waals surface area contributed by atoms with Crippen LogP contribution >= 0.6 is 0 Å². The fourth-order valence-corrected chi connectivity index (χ4v) is 6.28. The quantitative estimate of drug-likeness (QED) is 0.0917. The lowest BCUT2D eigenvalue weighted by molar-refractivity contribution is -0.354. The molecule has 1 aromatic heterocycles. The number of rotatable bonds is 9. The van der Waals surface area contributed by atoms with Crippen molar-refractivity contribution in [1.29, 1.82) is 0 Å². The highest BCUT2D eigenvalue weighted by molar-refractivity contribution is 5.88. The van der Waals surface area contributed by atoms with E-state index in [-0.39, 0.29) is 11.3 Å². The van der Waals surface area contributed by atoms with Crippen molar-refractivity contribution in [3.63, 3.8) is 0 Å². The molecule has 0 spiro atoms. The Morgan fingerprint density at radius 1 is 0.630 bits per heavy atom. The zero-order chi connectivity index (χ0) is 39.3. The van der Waals surface area contributed by atoms with Gasteiger partial charge in [-0.3, -0.25) is 4.79 Å².